The van der Waals surface area contributed by atoms with Crippen molar-refractivity contribution in [3.63, 3.8) is 0 Å². The van der Waals surface area contributed by atoms with Crippen molar-refractivity contribution in [2.75, 3.05) is 6.54 Å². The molecular formula is C17H11ClN2O5S. The minimum absolute atomic E-state index is 0.149. The molecule has 1 aliphatic heterocycles. The third-order valence-electron chi connectivity index (χ3n) is 3.67. The number of carboxylic acid groups (broad SMARTS) is 1. The van der Waals surface area contributed by atoms with Gasteiger partial charge in [0.2, 0.25) is 11.0 Å². The zero-order valence-electron chi connectivity index (χ0n) is 13.1. The number of aromatic nitrogens is 1. The molecule has 2 heterocycles. The second kappa shape index (κ2) is 7.27. The molecule has 9 heteroatoms. The van der Waals surface area contributed by atoms with Gasteiger partial charge in [0.05, 0.1) is 0 Å². The summed E-state index contributed by atoms with van der Waals surface area (Å²) in [6.07, 6.45) is 3.17. The van der Waals surface area contributed by atoms with Gasteiger partial charge in [0.25, 0.3) is 0 Å². The normalized spacial score (nSPS) is 16.1. The van der Waals surface area contributed by atoms with Gasteiger partial charge in [0.15, 0.2) is 11.7 Å². The highest BCUT2D eigenvalue weighted by Gasteiger charge is 2.41. The molecular weight excluding hydrogens is 380 g/mol. The molecule has 3 rings (SSSR count). The van der Waals surface area contributed by atoms with Gasteiger partial charge in [-0.25, -0.2) is 0 Å². The van der Waals surface area contributed by atoms with Crippen LogP contribution in [0, 0.1) is 5.92 Å². The fourth-order valence-corrected chi connectivity index (χ4v) is 3.84. The van der Waals surface area contributed by atoms with Crippen LogP contribution in [0.3, 0.4) is 0 Å². The highest BCUT2D eigenvalue weighted by molar-refractivity contribution is 8.14. The first kappa shape index (κ1) is 18.1. The zero-order valence-corrected chi connectivity index (χ0v) is 14.6. The maximum atomic E-state index is 12.7. The van der Waals surface area contributed by atoms with Crippen molar-refractivity contribution < 1.29 is 24.3 Å². The van der Waals surface area contributed by atoms with Crippen LogP contribution >= 0.6 is 23.4 Å². The van der Waals surface area contributed by atoms with E-state index in [-0.39, 0.29) is 10.6 Å². The molecule has 1 amide bonds. The lowest BCUT2D eigenvalue weighted by Crippen LogP contribution is -2.43. The summed E-state index contributed by atoms with van der Waals surface area (Å²) in [4.78, 5) is 52.2. The van der Waals surface area contributed by atoms with Crippen molar-refractivity contribution in [1.29, 1.82) is 0 Å². The standard InChI is InChI=1S/C17H11ClN2O5S/c18-9-4-10(8-2-1-3-19-6-8)15-11(5-9)14(23)13(17(25)26-15)16(24)20-7-12(21)22/h1-6,13H,7H2,(H,20,24)(H,21,22). The monoisotopic (exact) mass is 390 g/mol. The molecule has 1 aromatic carbocycles. The van der Waals surface area contributed by atoms with Crippen molar-refractivity contribution in [2.45, 2.75) is 4.90 Å². The number of amides is 1. The molecule has 0 radical (unpaired) electrons. The van der Waals surface area contributed by atoms with Gasteiger partial charge in [-0.15, -0.1) is 0 Å². The van der Waals surface area contributed by atoms with Crippen LogP contribution in [0.5, 0.6) is 0 Å². The summed E-state index contributed by atoms with van der Waals surface area (Å²) in [5.74, 6) is -4.53. The Morgan fingerprint density at radius 1 is 1.27 bits per heavy atom. The number of aliphatic carboxylic acids is 1. The van der Waals surface area contributed by atoms with E-state index in [4.69, 9.17) is 16.7 Å². The summed E-state index contributed by atoms with van der Waals surface area (Å²) in [5.41, 5.74) is 1.39. The van der Waals surface area contributed by atoms with Crippen molar-refractivity contribution in [1.82, 2.24) is 10.3 Å². The molecule has 1 atom stereocenters. The van der Waals surface area contributed by atoms with E-state index in [1.54, 1.807) is 30.6 Å². The molecule has 1 aliphatic rings. The maximum absolute atomic E-state index is 12.7. The molecule has 7 nitrogen and oxygen atoms in total. The van der Waals surface area contributed by atoms with Gasteiger partial charge in [0.1, 0.15) is 6.54 Å². The summed E-state index contributed by atoms with van der Waals surface area (Å²) in [6, 6.07) is 6.49. The van der Waals surface area contributed by atoms with Crippen LogP contribution in [0.15, 0.2) is 41.6 Å². The highest BCUT2D eigenvalue weighted by atomic mass is 35.5. The van der Waals surface area contributed by atoms with E-state index in [0.29, 0.717) is 16.0 Å². The fraction of sp³-hybridized carbons (Fsp3) is 0.118. The predicted molar refractivity (Wildman–Crippen MR) is 94.0 cm³/mol. The van der Waals surface area contributed by atoms with E-state index in [2.05, 4.69) is 10.3 Å². The Hall–Kier alpha value is -2.71. The molecule has 0 aliphatic carbocycles. The third-order valence-corrected chi connectivity index (χ3v) is 4.97. The number of hydrogen-bond donors (Lipinski definition) is 2. The first-order valence-electron chi connectivity index (χ1n) is 7.38. The first-order valence-corrected chi connectivity index (χ1v) is 8.57. The fourth-order valence-electron chi connectivity index (χ4n) is 2.54. The summed E-state index contributed by atoms with van der Waals surface area (Å²) in [5, 5.41) is 10.3. The van der Waals surface area contributed by atoms with Crippen LogP contribution in [-0.4, -0.2) is 39.4 Å². The molecule has 0 saturated carbocycles. The lowest BCUT2D eigenvalue weighted by atomic mass is 9.94. The summed E-state index contributed by atoms with van der Waals surface area (Å²) in [6.45, 7) is -0.677. The largest absolute Gasteiger partial charge is 0.480 e. The molecule has 2 aromatic rings. The number of thioether (sulfide) groups is 1. The van der Waals surface area contributed by atoms with Crippen LogP contribution in [0.25, 0.3) is 11.1 Å². The van der Waals surface area contributed by atoms with Gasteiger partial charge in [-0.3, -0.25) is 24.2 Å². The average Bonchev–Trinajstić information content (AvgIpc) is 2.61. The van der Waals surface area contributed by atoms with Gasteiger partial charge >= 0.3 is 5.97 Å². The number of ketones is 1. The summed E-state index contributed by atoms with van der Waals surface area (Å²) < 4.78 is 0. The molecule has 0 spiro atoms. The zero-order chi connectivity index (χ0) is 18.8. The van der Waals surface area contributed by atoms with E-state index in [1.165, 1.54) is 6.07 Å². The number of carbonyl (C=O) groups is 4. The number of fused-ring (bicyclic) bond motifs is 1. The van der Waals surface area contributed by atoms with Crippen LogP contribution in [0.1, 0.15) is 10.4 Å². The maximum Gasteiger partial charge on any atom is 0.322 e. The van der Waals surface area contributed by atoms with Gasteiger partial charge in [0, 0.05) is 33.4 Å². The minimum atomic E-state index is -1.60. The molecule has 0 saturated heterocycles. The molecule has 2 N–H and O–H groups in total. The number of pyridine rings is 1. The van der Waals surface area contributed by atoms with E-state index in [9.17, 15) is 19.2 Å². The van der Waals surface area contributed by atoms with E-state index >= 15 is 0 Å². The number of rotatable bonds is 4. The number of nitrogens with zero attached hydrogens (tertiary/aromatic N) is 1. The van der Waals surface area contributed by atoms with E-state index < -0.39 is 35.2 Å². The topological polar surface area (TPSA) is 113 Å². The number of benzene rings is 1. The summed E-state index contributed by atoms with van der Waals surface area (Å²) >= 11 is 6.88. The quantitative estimate of drug-likeness (QED) is 0.768. The smallest absolute Gasteiger partial charge is 0.322 e. The van der Waals surface area contributed by atoms with Crippen LogP contribution in [0.2, 0.25) is 5.02 Å². The first-order chi connectivity index (χ1) is 12.4. The van der Waals surface area contributed by atoms with Gasteiger partial charge in [-0.1, -0.05) is 17.7 Å². The SMILES string of the molecule is O=C(O)CNC(=O)C1C(=O)Sc2c(cc(Cl)cc2-c2cccnc2)C1=O. The third kappa shape index (κ3) is 3.47. The second-order valence-electron chi connectivity index (χ2n) is 5.40. The van der Waals surface area contributed by atoms with Crippen LogP contribution in [0.4, 0.5) is 0 Å². The van der Waals surface area contributed by atoms with Crippen LogP contribution < -0.4 is 5.32 Å². The van der Waals surface area contributed by atoms with Crippen molar-refractivity contribution >= 4 is 46.1 Å². The lowest BCUT2D eigenvalue weighted by molar-refractivity contribution is -0.139. The number of hydrogen-bond acceptors (Lipinski definition) is 6. The summed E-state index contributed by atoms with van der Waals surface area (Å²) in [7, 11) is 0. The number of carbonyl (C=O) groups excluding carboxylic acids is 3. The van der Waals surface area contributed by atoms with Gasteiger partial charge in [-0.05, 0) is 35.5 Å². The van der Waals surface area contributed by atoms with Gasteiger partial charge < -0.3 is 10.4 Å². The molecule has 1 aromatic heterocycles. The van der Waals surface area contributed by atoms with Crippen LogP contribution in [-0.2, 0) is 14.4 Å². The average molecular weight is 391 g/mol. The lowest BCUT2D eigenvalue weighted by Gasteiger charge is -2.23. The minimum Gasteiger partial charge on any atom is -0.480 e. The molecule has 1 unspecified atom stereocenters. The van der Waals surface area contributed by atoms with E-state index in [0.717, 1.165) is 11.8 Å². The Bertz CT molecular complexity index is 932. The predicted octanol–water partition coefficient (Wildman–Crippen LogP) is 2.03. The Morgan fingerprint density at radius 3 is 2.65 bits per heavy atom. The van der Waals surface area contributed by atoms with Gasteiger partial charge in [-0.2, -0.15) is 0 Å². The number of halogens is 1. The Kier molecular flexibility index (Phi) is 5.06. The number of nitrogens with one attached hydrogen (secondary N) is 1. The number of Topliss-reactive ketones (excluding diaryl/α,β-unsaturated/α-hetero) is 1. The second-order valence-corrected chi connectivity index (χ2v) is 6.85. The Morgan fingerprint density at radius 2 is 2.00 bits per heavy atom. The molecule has 26 heavy (non-hydrogen) atoms. The molecule has 132 valence electrons. The van der Waals surface area contributed by atoms with Crippen molar-refractivity contribution in [2.24, 2.45) is 5.92 Å². The molecule has 0 bridgehead atoms. The number of carboxylic acids is 1. The molecule has 0 fully saturated rings. The van der Waals surface area contributed by atoms with E-state index in [1.807, 2.05) is 0 Å². The Balaban J connectivity index is 2.03. The van der Waals surface area contributed by atoms with Crippen molar-refractivity contribution in [3.8, 4) is 11.1 Å². The van der Waals surface area contributed by atoms with Crippen molar-refractivity contribution in [3.05, 3.63) is 47.2 Å². The highest BCUT2D eigenvalue weighted by Crippen LogP contribution is 2.42. The Labute approximate surface area is 156 Å².